The first-order valence-electron chi connectivity index (χ1n) is 6.68. The highest BCUT2D eigenvalue weighted by molar-refractivity contribution is 6.36. The van der Waals surface area contributed by atoms with Gasteiger partial charge in [0.15, 0.2) is 5.78 Å². The van der Waals surface area contributed by atoms with Crippen molar-refractivity contribution in [2.45, 2.75) is 44.9 Å². The Kier molecular flexibility index (Phi) is 5.08. The average molecular weight is 285 g/mol. The maximum atomic E-state index is 12.5. The first kappa shape index (κ1) is 13.9. The summed E-state index contributed by atoms with van der Waals surface area (Å²) < 4.78 is 0. The molecule has 98 valence electrons. The number of hydrogen-bond acceptors (Lipinski definition) is 1. The summed E-state index contributed by atoms with van der Waals surface area (Å²) in [5.74, 6) is 0.297. The fraction of sp³-hybridized carbons (Fsp3) is 0.533. The number of ketones is 1. The van der Waals surface area contributed by atoms with Crippen molar-refractivity contribution < 1.29 is 4.79 Å². The quantitative estimate of drug-likeness (QED) is 0.652. The van der Waals surface area contributed by atoms with E-state index in [1.807, 2.05) is 0 Å². The van der Waals surface area contributed by atoms with Gasteiger partial charge in [0.25, 0.3) is 0 Å². The van der Waals surface area contributed by atoms with Crippen LogP contribution in [0.25, 0.3) is 0 Å². The summed E-state index contributed by atoms with van der Waals surface area (Å²) in [7, 11) is 0. The van der Waals surface area contributed by atoms with E-state index < -0.39 is 0 Å². The van der Waals surface area contributed by atoms with E-state index in [-0.39, 0.29) is 11.7 Å². The first-order chi connectivity index (χ1) is 8.68. The van der Waals surface area contributed by atoms with Crippen molar-refractivity contribution in [3.05, 3.63) is 33.8 Å². The Morgan fingerprint density at radius 3 is 2.28 bits per heavy atom. The number of halogens is 2. The van der Waals surface area contributed by atoms with Crippen LogP contribution in [0.1, 0.15) is 55.3 Å². The smallest absolute Gasteiger partial charge is 0.167 e. The number of carbonyl (C=O) groups excluding carboxylic acids is 1. The molecule has 1 aromatic rings. The van der Waals surface area contributed by atoms with E-state index in [1.54, 1.807) is 18.2 Å². The molecule has 3 heteroatoms. The minimum atomic E-state index is 0.126. The van der Waals surface area contributed by atoms with Crippen LogP contribution in [-0.4, -0.2) is 5.78 Å². The Labute approximate surface area is 118 Å². The summed E-state index contributed by atoms with van der Waals surface area (Å²) in [6.45, 7) is 0. The number of rotatable bonds is 2. The van der Waals surface area contributed by atoms with Crippen molar-refractivity contribution in [2.24, 2.45) is 5.92 Å². The molecule has 0 aromatic heterocycles. The van der Waals surface area contributed by atoms with Gasteiger partial charge in [-0.3, -0.25) is 4.79 Å². The van der Waals surface area contributed by atoms with Crippen molar-refractivity contribution in [1.29, 1.82) is 0 Å². The van der Waals surface area contributed by atoms with Gasteiger partial charge in [0.2, 0.25) is 0 Å². The van der Waals surface area contributed by atoms with E-state index in [1.165, 1.54) is 19.3 Å². The molecule has 1 nitrogen and oxygen atoms in total. The average Bonchev–Trinajstić information content (AvgIpc) is 2.31. The van der Waals surface area contributed by atoms with E-state index >= 15 is 0 Å². The van der Waals surface area contributed by atoms with Crippen molar-refractivity contribution in [3.63, 3.8) is 0 Å². The number of benzene rings is 1. The second-order valence-corrected chi connectivity index (χ2v) is 5.87. The van der Waals surface area contributed by atoms with Crippen LogP contribution >= 0.6 is 23.2 Å². The van der Waals surface area contributed by atoms with Gasteiger partial charge >= 0.3 is 0 Å². The van der Waals surface area contributed by atoms with Crippen LogP contribution in [-0.2, 0) is 0 Å². The third-order valence-corrected chi connectivity index (χ3v) is 4.23. The van der Waals surface area contributed by atoms with Gasteiger partial charge in [-0.2, -0.15) is 0 Å². The minimum absolute atomic E-state index is 0.126. The summed E-state index contributed by atoms with van der Waals surface area (Å²) in [6.07, 6.45) is 8.06. The Morgan fingerprint density at radius 2 is 1.61 bits per heavy atom. The number of Topliss-reactive ketones (excluding diaryl/α,β-unsaturated/α-hetero) is 1. The second kappa shape index (κ2) is 6.58. The summed E-state index contributed by atoms with van der Waals surface area (Å²) in [4.78, 5) is 12.5. The minimum Gasteiger partial charge on any atom is -0.294 e. The molecule has 0 atom stereocenters. The molecule has 0 unspecified atom stereocenters. The monoisotopic (exact) mass is 284 g/mol. The largest absolute Gasteiger partial charge is 0.294 e. The normalized spacial score (nSPS) is 18.1. The standard InChI is InChI=1S/C15H18Cl2O/c16-12-8-9-14(17)13(10-12)15(18)11-6-4-2-1-3-5-7-11/h8-11H,1-7H2. The van der Waals surface area contributed by atoms with Gasteiger partial charge in [-0.05, 0) is 31.0 Å². The first-order valence-corrected chi connectivity index (χ1v) is 7.43. The molecule has 1 aromatic carbocycles. The molecule has 1 fully saturated rings. The highest BCUT2D eigenvalue weighted by atomic mass is 35.5. The highest BCUT2D eigenvalue weighted by Crippen LogP contribution is 2.29. The van der Waals surface area contributed by atoms with Crippen LogP contribution in [0.15, 0.2) is 18.2 Å². The van der Waals surface area contributed by atoms with Crippen molar-refractivity contribution >= 4 is 29.0 Å². The van der Waals surface area contributed by atoms with Crippen LogP contribution < -0.4 is 0 Å². The third kappa shape index (κ3) is 3.49. The molecule has 0 spiro atoms. The van der Waals surface area contributed by atoms with E-state index in [0.29, 0.717) is 15.6 Å². The molecule has 0 amide bonds. The molecule has 0 saturated heterocycles. The maximum absolute atomic E-state index is 12.5. The zero-order valence-electron chi connectivity index (χ0n) is 10.4. The molecule has 1 aliphatic rings. The zero-order valence-corrected chi connectivity index (χ0v) is 11.9. The molecule has 0 bridgehead atoms. The lowest BCUT2D eigenvalue weighted by Crippen LogP contribution is -2.16. The Bertz CT molecular complexity index is 421. The van der Waals surface area contributed by atoms with E-state index in [9.17, 15) is 4.79 Å². The Morgan fingerprint density at radius 1 is 1.00 bits per heavy atom. The van der Waals surface area contributed by atoms with E-state index in [0.717, 1.165) is 25.7 Å². The Hall–Kier alpha value is -0.530. The fourth-order valence-corrected chi connectivity index (χ4v) is 3.01. The van der Waals surface area contributed by atoms with Gasteiger partial charge in [0.1, 0.15) is 0 Å². The zero-order chi connectivity index (χ0) is 13.0. The molecule has 1 aliphatic carbocycles. The molecule has 2 rings (SSSR count). The van der Waals surface area contributed by atoms with Crippen LogP contribution in [0, 0.1) is 5.92 Å². The second-order valence-electron chi connectivity index (χ2n) is 5.03. The third-order valence-electron chi connectivity index (χ3n) is 3.67. The van der Waals surface area contributed by atoms with Crippen molar-refractivity contribution in [3.8, 4) is 0 Å². The maximum Gasteiger partial charge on any atom is 0.167 e. The van der Waals surface area contributed by atoms with E-state index in [2.05, 4.69) is 0 Å². The lowest BCUT2D eigenvalue weighted by molar-refractivity contribution is 0.0898. The van der Waals surface area contributed by atoms with Crippen LogP contribution in [0.4, 0.5) is 0 Å². The molecular formula is C15H18Cl2O. The van der Waals surface area contributed by atoms with Crippen molar-refractivity contribution in [2.75, 3.05) is 0 Å². The van der Waals surface area contributed by atoms with Gasteiger partial charge < -0.3 is 0 Å². The SMILES string of the molecule is O=C(c1cc(Cl)ccc1Cl)C1CCCCCCC1. The number of carbonyl (C=O) groups is 1. The summed E-state index contributed by atoms with van der Waals surface area (Å²) >= 11 is 12.1. The molecule has 18 heavy (non-hydrogen) atoms. The summed E-state index contributed by atoms with van der Waals surface area (Å²) in [6, 6.07) is 5.13. The van der Waals surface area contributed by atoms with Gasteiger partial charge in [0, 0.05) is 16.5 Å². The lowest BCUT2D eigenvalue weighted by Gasteiger charge is -2.19. The number of hydrogen-bond donors (Lipinski definition) is 0. The van der Waals surface area contributed by atoms with Crippen LogP contribution in [0.2, 0.25) is 10.0 Å². The lowest BCUT2D eigenvalue weighted by atomic mass is 9.85. The van der Waals surface area contributed by atoms with Gasteiger partial charge in [-0.25, -0.2) is 0 Å². The summed E-state index contributed by atoms with van der Waals surface area (Å²) in [5.41, 5.74) is 0.592. The Balaban J connectivity index is 2.15. The van der Waals surface area contributed by atoms with Crippen molar-refractivity contribution in [1.82, 2.24) is 0 Å². The summed E-state index contributed by atoms with van der Waals surface area (Å²) in [5, 5.41) is 1.10. The molecule has 0 N–H and O–H groups in total. The van der Waals surface area contributed by atoms with Crippen LogP contribution in [0.5, 0.6) is 0 Å². The highest BCUT2D eigenvalue weighted by Gasteiger charge is 2.22. The fourth-order valence-electron chi connectivity index (χ4n) is 2.62. The predicted molar refractivity (Wildman–Crippen MR) is 76.6 cm³/mol. The van der Waals surface area contributed by atoms with Gasteiger partial charge in [-0.15, -0.1) is 0 Å². The molecule has 1 saturated carbocycles. The van der Waals surface area contributed by atoms with E-state index in [4.69, 9.17) is 23.2 Å². The van der Waals surface area contributed by atoms with Crippen LogP contribution in [0.3, 0.4) is 0 Å². The van der Waals surface area contributed by atoms with Gasteiger partial charge in [-0.1, -0.05) is 55.3 Å². The molecule has 0 heterocycles. The van der Waals surface area contributed by atoms with Gasteiger partial charge in [0.05, 0.1) is 5.02 Å². The molecule has 0 radical (unpaired) electrons. The topological polar surface area (TPSA) is 17.1 Å². The predicted octanol–water partition coefficient (Wildman–Crippen LogP) is 5.54. The molecular weight excluding hydrogens is 267 g/mol. The molecule has 0 aliphatic heterocycles.